The standard InChI is InChI=1S/C23H28N2O3S/c1-17-11-12-20(16-22(17)29(27,28)24-13-7-3-4-8-14-24)23(26)25-18(2)15-19-9-5-6-10-21(19)25/h5-6,9-12,16,18H,3-4,7-8,13-15H2,1-2H3. The van der Waals surface area contributed by atoms with Gasteiger partial charge in [-0.3, -0.25) is 4.79 Å². The van der Waals surface area contributed by atoms with E-state index in [0.717, 1.165) is 43.4 Å². The summed E-state index contributed by atoms with van der Waals surface area (Å²) < 4.78 is 28.2. The summed E-state index contributed by atoms with van der Waals surface area (Å²) in [4.78, 5) is 15.4. The third-order valence-electron chi connectivity index (χ3n) is 6.04. The van der Waals surface area contributed by atoms with Crippen molar-refractivity contribution in [3.63, 3.8) is 0 Å². The number of sulfonamides is 1. The molecule has 154 valence electrons. The van der Waals surface area contributed by atoms with Crippen LogP contribution in [0.2, 0.25) is 0 Å². The van der Waals surface area contributed by atoms with Gasteiger partial charge in [0.1, 0.15) is 0 Å². The topological polar surface area (TPSA) is 57.7 Å². The third-order valence-corrected chi connectivity index (χ3v) is 8.08. The van der Waals surface area contributed by atoms with Crippen molar-refractivity contribution in [1.29, 1.82) is 0 Å². The van der Waals surface area contributed by atoms with Gasteiger partial charge in [-0.2, -0.15) is 4.31 Å². The number of carbonyl (C=O) groups excluding carboxylic acids is 1. The van der Waals surface area contributed by atoms with Crippen LogP contribution in [-0.2, 0) is 16.4 Å². The fourth-order valence-corrected chi connectivity index (χ4v) is 6.21. The van der Waals surface area contributed by atoms with E-state index in [0.29, 0.717) is 24.2 Å². The van der Waals surface area contributed by atoms with E-state index in [4.69, 9.17) is 0 Å². The molecular formula is C23H28N2O3S. The van der Waals surface area contributed by atoms with Gasteiger partial charge in [0.2, 0.25) is 10.0 Å². The fraction of sp³-hybridized carbons (Fsp3) is 0.435. The van der Waals surface area contributed by atoms with Gasteiger partial charge < -0.3 is 4.90 Å². The highest BCUT2D eigenvalue weighted by atomic mass is 32.2. The first-order chi connectivity index (χ1) is 13.9. The molecule has 1 amide bonds. The second kappa shape index (κ2) is 7.92. The molecule has 29 heavy (non-hydrogen) atoms. The van der Waals surface area contributed by atoms with E-state index >= 15 is 0 Å². The van der Waals surface area contributed by atoms with E-state index < -0.39 is 10.0 Å². The number of para-hydroxylation sites is 1. The van der Waals surface area contributed by atoms with E-state index in [9.17, 15) is 13.2 Å². The molecule has 1 unspecified atom stereocenters. The second-order valence-corrected chi connectivity index (χ2v) is 10.1. The minimum Gasteiger partial charge on any atom is -0.305 e. The predicted octanol–water partition coefficient (Wildman–Crippen LogP) is 4.15. The summed E-state index contributed by atoms with van der Waals surface area (Å²) in [5, 5.41) is 0. The van der Waals surface area contributed by atoms with Crippen LogP contribution in [0, 0.1) is 6.92 Å². The minimum absolute atomic E-state index is 0.0480. The van der Waals surface area contributed by atoms with E-state index in [2.05, 4.69) is 0 Å². The average molecular weight is 413 g/mol. The Morgan fingerprint density at radius 1 is 1.00 bits per heavy atom. The highest BCUT2D eigenvalue weighted by Gasteiger charge is 2.33. The summed E-state index contributed by atoms with van der Waals surface area (Å²) in [5.41, 5.74) is 3.17. The highest BCUT2D eigenvalue weighted by Crippen LogP contribution is 2.34. The van der Waals surface area contributed by atoms with E-state index in [1.165, 1.54) is 0 Å². The monoisotopic (exact) mass is 412 g/mol. The first kappa shape index (κ1) is 20.1. The van der Waals surface area contributed by atoms with Crippen molar-refractivity contribution in [2.24, 2.45) is 0 Å². The Morgan fingerprint density at radius 3 is 2.41 bits per heavy atom. The lowest BCUT2D eigenvalue weighted by atomic mass is 10.1. The Bertz CT molecular complexity index is 1020. The molecule has 5 nitrogen and oxygen atoms in total. The molecule has 0 aromatic heterocycles. The Balaban J connectivity index is 1.69. The Kier molecular flexibility index (Phi) is 5.49. The molecule has 2 aromatic carbocycles. The lowest BCUT2D eigenvalue weighted by Gasteiger charge is -2.24. The number of rotatable bonds is 3. The second-order valence-electron chi connectivity index (χ2n) is 8.16. The molecular weight excluding hydrogens is 384 g/mol. The molecule has 2 aliphatic rings. The van der Waals surface area contributed by atoms with Crippen molar-refractivity contribution in [3.8, 4) is 0 Å². The summed E-state index contributed by atoms with van der Waals surface area (Å²) in [6.07, 6.45) is 4.72. The van der Waals surface area contributed by atoms with Gasteiger partial charge in [-0.25, -0.2) is 8.42 Å². The van der Waals surface area contributed by atoms with E-state index in [-0.39, 0.29) is 16.8 Å². The zero-order chi connectivity index (χ0) is 20.6. The van der Waals surface area contributed by atoms with Crippen molar-refractivity contribution in [1.82, 2.24) is 4.31 Å². The van der Waals surface area contributed by atoms with Gasteiger partial charge in [-0.1, -0.05) is 37.1 Å². The van der Waals surface area contributed by atoms with Gasteiger partial charge in [-0.15, -0.1) is 0 Å². The van der Waals surface area contributed by atoms with Crippen molar-refractivity contribution in [2.45, 2.75) is 56.9 Å². The number of aryl methyl sites for hydroxylation is 1. The molecule has 1 saturated heterocycles. The maximum Gasteiger partial charge on any atom is 0.258 e. The molecule has 0 radical (unpaired) electrons. The van der Waals surface area contributed by atoms with Gasteiger partial charge in [0.25, 0.3) is 5.91 Å². The van der Waals surface area contributed by atoms with Crippen LogP contribution in [0.15, 0.2) is 47.4 Å². The molecule has 0 aliphatic carbocycles. The summed E-state index contributed by atoms with van der Waals surface area (Å²) in [6, 6.07) is 13.0. The molecule has 2 heterocycles. The Hall–Kier alpha value is -2.18. The van der Waals surface area contributed by atoms with Crippen LogP contribution >= 0.6 is 0 Å². The quantitative estimate of drug-likeness (QED) is 0.761. The largest absolute Gasteiger partial charge is 0.305 e. The zero-order valence-corrected chi connectivity index (χ0v) is 17.9. The molecule has 0 spiro atoms. The van der Waals surface area contributed by atoms with Crippen molar-refractivity contribution >= 4 is 21.6 Å². The highest BCUT2D eigenvalue weighted by molar-refractivity contribution is 7.89. The number of amides is 1. The van der Waals surface area contributed by atoms with Gasteiger partial charge in [0.05, 0.1) is 4.90 Å². The first-order valence-electron chi connectivity index (χ1n) is 10.4. The van der Waals surface area contributed by atoms with Gasteiger partial charge in [0.15, 0.2) is 0 Å². The van der Waals surface area contributed by atoms with Crippen LogP contribution in [0.5, 0.6) is 0 Å². The SMILES string of the molecule is Cc1ccc(C(=O)N2c3ccccc3CC2C)cc1S(=O)(=O)N1CCCCCC1. The number of fused-ring (bicyclic) bond motifs is 1. The number of benzene rings is 2. The van der Waals surface area contributed by atoms with Crippen LogP contribution in [0.3, 0.4) is 0 Å². The van der Waals surface area contributed by atoms with Crippen LogP contribution in [-0.4, -0.2) is 37.8 Å². The molecule has 4 rings (SSSR count). The first-order valence-corrected chi connectivity index (χ1v) is 11.9. The van der Waals surface area contributed by atoms with Crippen LogP contribution in [0.1, 0.15) is 54.1 Å². The average Bonchev–Trinajstić information content (AvgIpc) is 2.86. The molecule has 6 heteroatoms. The van der Waals surface area contributed by atoms with Crippen LogP contribution in [0.25, 0.3) is 0 Å². The number of hydrogen-bond donors (Lipinski definition) is 0. The van der Waals surface area contributed by atoms with E-state index in [1.54, 1.807) is 34.3 Å². The Labute approximate surface area is 173 Å². The van der Waals surface area contributed by atoms with Gasteiger partial charge in [0, 0.05) is 30.4 Å². The maximum atomic E-state index is 13.4. The number of anilines is 1. The molecule has 1 fully saturated rings. The molecule has 2 aromatic rings. The summed E-state index contributed by atoms with van der Waals surface area (Å²) in [5.74, 6) is -0.144. The third kappa shape index (κ3) is 3.71. The number of nitrogens with zero attached hydrogens (tertiary/aromatic N) is 2. The summed E-state index contributed by atoms with van der Waals surface area (Å²) in [6.45, 7) is 4.93. The minimum atomic E-state index is -3.61. The molecule has 1 atom stereocenters. The van der Waals surface area contributed by atoms with Gasteiger partial charge in [-0.05, 0) is 62.4 Å². The smallest absolute Gasteiger partial charge is 0.258 e. The molecule has 0 bridgehead atoms. The molecule has 0 saturated carbocycles. The maximum absolute atomic E-state index is 13.4. The number of carbonyl (C=O) groups is 1. The van der Waals surface area contributed by atoms with Gasteiger partial charge >= 0.3 is 0 Å². The number of hydrogen-bond acceptors (Lipinski definition) is 3. The lowest BCUT2D eigenvalue weighted by Crippen LogP contribution is -2.36. The summed E-state index contributed by atoms with van der Waals surface area (Å²) in [7, 11) is -3.61. The Morgan fingerprint density at radius 2 is 1.69 bits per heavy atom. The van der Waals surface area contributed by atoms with Crippen LogP contribution < -0.4 is 4.90 Å². The fourth-order valence-electron chi connectivity index (χ4n) is 4.45. The summed E-state index contributed by atoms with van der Waals surface area (Å²) >= 11 is 0. The van der Waals surface area contributed by atoms with Crippen molar-refractivity contribution in [3.05, 3.63) is 59.2 Å². The van der Waals surface area contributed by atoms with Crippen molar-refractivity contribution < 1.29 is 13.2 Å². The molecule has 0 N–H and O–H groups in total. The zero-order valence-electron chi connectivity index (χ0n) is 17.1. The molecule has 2 aliphatic heterocycles. The lowest BCUT2D eigenvalue weighted by molar-refractivity contribution is 0.0981. The predicted molar refractivity (Wildman–Crippen MR) is 115 cm³/mol. The van der Waals surface area contributed by atoms with Crippen LogP contribution in [0.4, 0.5) is 5.69 Å². The van der Waals surface area contributed by atoms with Crippen molar-refractivity contribution in [2.75, 3.05) is 18.0 Å². The normalized spacial score (nSPS) is 20.3. The van der Waals surface area contributed by atoms with E-state index in [1.807, 2.05) is 31.2 Å².